The molecule has 1 aliphatic carbocycles. The van der Waals surface area contributed by atoms with E-state index < -0.39 is 0 Å². The molecule has 4 nitrogen and oxygen atoms in total. The summed E-state index contributed by atoms with van der Waals surface area (Å²) in [5, 5.41) is 9.13. The second-order valence-corrected chi connectivity index (χ2v) is 5.33. The molecule has 0 spiro atoms. The summed E-state index contributed by atoms with van der Waals surface area (Å²) in [5.41, 5.74) is 2.60. The lowest BCUT2D eigenvalue weighted by molar-refractivity contribution is -0.144. The largest absolute Gasteiger partial charge is 0.394 e. The second kappa shape index (κ2) is 5.31. The van der Waals surface area contributed by atoms with Gasteiger partial charge < -0.3 is 14.7 Å². The van der Waals surface area contributed by atoms with Crippen molar-refractivity contribution in [1.82, 2.24) is 4.90 Å². The summed E-state index contributed by atoms with van der Waals surface area (Å²) in [7, 11) is 0. The number of hydrogen-bond donors (Lipinski definition) is 1. The third-order valence-corrected chi connectivity index (χ3v) is 4.05. The minimum atomic E-state index is -0.221. The number of hydrogen-bond acceptors (Lipinski definition) is 3. The highest BCUT2D eigenvalue weighted by Gasteiger charge is 2.32. The van der Waals surface area contributed by atoms with Crippen LogP contribution in [0.1, 0.15) is 11.1 Å². The van der Waals surface area contributed by atoms with Crippen molar-refractivity contribution in [3.05, 3.63) is 35.4 Å². The van der Waals surface area contributed by atoms with Gasteiger partial charge in [-0.1, -0.05) is 24.3 Å². The summed E-state index contributed by atoms with van der Waals surface area (Å²) in [5.74, 6) is 0.271. The molecule has 1 heterocycles. The number of rotatable bonds is 2. The van der Waals surface area contributed by atoms with Gasteiger partial charge in [0.15, 0.2) is 0 Å². The summed E-state index contributed by atoms with van der Waals surface area (Å²) in [6, 6.07) is 8.28. The van der Waals surface area contributed by atoms with Gasteiger partial charge in [-0.25, -0.2) is 0 Å². The lowest BCUT2D eigenvalue weighted by Gasteiger charge is -2.33. The number of nitrogens with zero attached hydrogens (tertiary/aromatic N) is 1. The van der Waals surface area contributed by atoms with Crippen LogP contribution in [0.5, 0.6) is 0 Å². The molecule has 1 amide bonds. The van der Waals surface area contributed by atoms with Crippen LogP contribution in [-0.2, 0) is 22.4 Å². The molecule has 2 aliphatic rings. The van der Waals surface area contributed by atoms with Gasteiger partial charge in [-0.2, -0.15) is 0 Å². The zero-order valence-corrected chi connectivity index (χ0v) is 10.9. The highest BCUT2D eigenvalue weighted by atomic mass is 16.5. The normalized spacial score (nSPS) is 23.4. The van der Waals surface area contributed by atoms with Gasteiger partial charge in [-0.3, -0.25) is 4.79 Å². The van der Waals surface area contributed by atoms with Crippen molar-refractivity contribution >= 4 is 5.91 Å². The van der Waals surface area contributed by atoms with E-state index >= 15 is 0 Å². The maximum Gasteiger partial charge on any atom is 0.226 e. The molecule has 1 fully saturated rings. The van der Waals surface area contributed by atoms with Crippen LogP contribution in [0.2, 0.25) is 0 Å². The van der Waals surface area contributed by atoms with Gasteiger partial charge in [0.2, 0.25) is 5.91 Å². The van der Waals surface area contributed by atoms with Crippen LogP contribution in [0.4, 0.5) is 0 Å². The van der Waals surface area contributed by atoms with Gasteiger partial charge in [0, 0.05) is 19.0 Å². The fourth-order valence-corrected chi connectivity index (χ4v) is 3.02. The third kappa shape index (κ3) is 2.51. The predicted molar refractivity (Wildman–Crippen MR) is 70.7 cm³/mol. The zero-order valence-electron chi connectivity index (χ0n) is 10.9. The number of fused-ring (bicyclic) bond motifs is 1. The molecule has 102 valence electrons. The van der Waals surface area contributed by atoms with Crippen LogP contribution >= 0.6 is 0 Å². The minimum Gasteiger partial charge on any atom is -0.394 e. The Hall–Kier alpha value is -1.39. The van der Waals surface area contributed by atoms with Crippen LogP contribution in [0.25, 0.3) is 0 Å². The van der Waals surface area contributed by atoms with Crippen molar-refractivity contribution in [1.29, 1.82) is 0 Å². The van der Waals surface area contributed by atoms with Gasteiger partial charge in [-0.15, -0.1) is 0 Å². The molecule has 0 aromatic heterocycles. The Balaban J connectivity index is 1.66. The van der Waals surface area contributed by atoms with Crippen LogP contribution < -0.4 is 0 Å². The predicted octanol–water partition coefficient (Wildman–Crippen LogP) is 0.621. The van der Waals surface area contributed by atoms with Crippen LogP contribution in [0.3, 0.4) is 0 Å². The van der Waals surface area contributed by atoms with Crippen molar-refractivity contribution in [3.8, 4) is 0 Å². The van der Waals surface area contributed by atoms with Crippen LogP contribution in [0, 0.1) is 5.92 Å². The fourth-order valence-electron chi connectivity index (χ4n) is 3.02. The standard InChI is InChI=1S/C15H19NO3/c17-10-14-9-16(5-6-19-14)15(18)13-7-11-3-1-2-4-12(11)8-13/h1-4,13-14,17H,5-10H2. The monoisotopic (exact) mass is 261 g/mol. The molecule has 19 heavy (non-hydrogen) atoms. The molecule has 1 aliphatic heterocycles. The molecule has 1 aromatic rings. The molecular formula is C15H19NO3. The third-order valence-electron chi connectivity index (χ3n) is 4.05. The molecule has 3 rings (SSSR count). The lowest BCUT2D eigenvalue weighted by Crippen LogP contribution is -2.49. The van der Waals surface area contributed by atoms with Crippen molar-refractivity contribution in [2.45, 2.75) is 18.9 Å². The first-order valence-electron chi connectivity index (χ1n) is 6.86. The van der Waals surface area contributed by atoms with E-state index in [1.807, 2.05) is 17.0 Å². The average Bonchev–Trinajstić information content (AvgIpc) is 2.90. The quantitative estimate of drug-likeness (QED) is 0.849. The van der Waals surface area contributed by atoms with Gasteiger partial charge in [0.05, 0.1) is 19.3 Å². The van der Waals surface area contributed by atoms with E-state index in [-0.39, 0.29) is 24.5 Å². The molecular weight excluding hydrogens is 242 g/mol. The lowest BCUT2D eigenvalue weighted by atomic mass is 10.0. The highest BCUT2D eigenvalue weighted by Crippen LogP contribution is 2.28. The van der Waals surface area contributed by atoms with Crippen molar-refractivity contribution in [2.24, 2.45) is 5.92 Å². The number of amides is 1. The van der Waals surface area contributed by atoms with E-state index in [1.165, 1.54) is 11.1 Å². The molecule has 0 saturated carbocycles. The first kappa shape index (κ1) is 12.6. The Kier molecular flexibility index (Phi) is 3.53. The van der Waals surface area contributed by atoms with Crippen molar-refractivity contribution in [3.63, 3.8) is 0 Å². The van der Waals surface area contributed by atoms with Gasteiger partial charge in [0.1, 0.15) is 0 Å². The number of aliphatic hydroxyl groups is 1. The molecule has 1 unspecified atom stereocenters. The topological polar surface area (TPSA) is 49.8 Å². The number of benzene rings is 1. The van der Waals surface area contributed by atoms with Crippen molar-refractivity contribution in [2.75, 3.05) is 26.3 Å². The van der Waals surface area contributed by atoms with E-state index in [4.69, 9.17) is 9.84 Å². The second-order valence-electron chi connectivity index (χ2n) is 5.33. The SMILES string of the molecule is O=C(C1Cc2ccccc2C1)N1CCOC(CO)C1. The van der Waals surface area contributed by atoms with E-state index in [2.05, 4.69) is 12.1 Å². The molecule has 0 radical (unpaired) electrons. The average molecular weight is 261 g/mol. The van der Waals surface area contributed by atoms with E-state index in [0.29, 0.717) is 19.7 Å². The Labute approximate surface area is 113 Å². The fraction of sp³-hybridized carbons (Fsp3) is 0.533. The molecule has 1 atom stereocenters. The summed E-state index contributed by atoms with van der Waals surface area (Å²) in [6.07, 6.45) is 1.47. The molecule has 0 bridgehead atoms. The maximum absolute atomic E-state index is 12.5. The number of carbonyl (C=O) groups is 1. The molecule has 1 saturated heterocycles. The summed E-state index contributed by atoms with van der Waals surface area (Å²) in [6.45, 7) is 1.66. The Morgan fingerprint density at radius 3 is 2.63 bits per heavy atom. The van der Waals surface area contributed by atoms with Crippen LogP contribution in [0.15, 0.2) is 24.3 Å². The highest BCUT2D eigenvalue weighted by molar-refractivity contribution is 5.80. The van der Waals surface area contributed by atoms with Gasteiger partial charge in [0.25, 0.3) is 0 Å². The van der Waals surface area contributed by atoms with Gasteiger partial charge in [-0.05, 0) is 24.0 Å². The minimum absolute atomic E-state index is 0.0192. The van der Waals surface area contributed by atoms with E-state index in [0.717, 1.165) is 12.8 Å². The first-order chi connectivity index (χ1) is 9.28. The van der Waals surface area contributed by atoms with E-state index in [9.17, 15) is 4.79 Å². The smallest absolute Gasteiger partial charge is 0.226 e. The molecule has 1 aromatic carbocycles. The zero-order chi connectivity index (χ0) is 13.2. The van der Waals surface area contributed by atoms with Crippen LogP contribution in [-0.4, -0.2) is 48.3 Å². The summed E-state index contributed by atoms with van der Waals surface area (Å²) < 4.78 is 5.39. The number of morpholine rings is 1. The maximum atomic E-state index is 12.5. The van der Waals surface area contributed by atoms with Gasteiger partial charge >= 0.3 is 0 Å². The Bertz CT molecular complexity index is 449. The molecule has 4 heteroatoms. The first-order valence-corrected chi connectivity index (χ1v) is 6.86. The van der Waals surface area contributed by atoms with E-state index in [1.54, 1.807) is 0 Å². The number of aliphatic hydroxyl groups excluding tert-OH is 1. The number of ether oxygens (including phenoxy) is 1. The summed E-state index contributed by atoms with van der Waals surface area (Å²) >= 11 is 0. The van der Waals surface area contributed by atoms with Crippen molar-refractivity contribution < 1.29 is 14.6 Å². The summed E-state index contributed by atoms with van der Waals surface area (Å²) in [4.78, 5) is 14.4. The molecule has 1 N–H and O–H groups in total. The Morgan fingerprint density at radius 1 is 1.32 bits per heavy atom. The number of carbonyl (C=O) groups excluding carboxylic acids is 1. The Morgan fingerprint density at radius 2 is 2.00 bits per heavy atom.